The van der Waals surface area contributed by atoms with Gasteiger partial charge in [-0.3, -0.25) is 0 Å². The van der Waals surface area contributed by atoms with Crippen LogP contribution in [0.3, 0.4) is 0 Å². The molecule has 0 aliphatic rings. The largest absolute Gasteiger partial charge is 0.394 e. The number of nitrogens with one attached hydrogen (secondary N) is 2. The lowest BCUT2D eigenvalue weighted by atomic mass is 10.0. The minimum atomic E-state index is -0.391. The molecular weight excluding hydrogens is 287 g/mol. The van der Waals surface area contributed by atoms with Crippen molar-refractivity contribution in [3.8, 4) is 0 Å². The molecule has 1 aromatic rings. The maximum absolute atomic E-state index is 11.8. The highest BCUT2D eigenvalue weighted by molar-refractivity contribution is 6.35. The fraction of sp³-hybridized carbons (Fsp3) is 0.462. The molecule has 4 nitrogen and oxygen atoms in total. The van der Waals surface area contributed by atoms with Gasteiger partial charge in [-0.2, -0.15) is 0 Å². The first kappa shape index (κ1) is 16.1. The Hall–Kier alpha value is -0.970. The molecule has 0 spiro atoms. The van der Waals surface area contributed by atoms with E-state index in [4.69, 9.17) is 23.2 Å². The fourth-order valence-electron chi connectivity index (χ4n) is 1.73. The van der Waals surface area contributed by atoms with Crippen LogP contribution in [0, 0.1) is 5.92 Å². The molecule has 19 heavy (non-hydrogen) atoms. The van der Waals surface area contributed by atoms with Gasteiger partial charge >= 0.3 is 6.03 Å². The van der Waals surface area contributed by atoms with E-state index in [0.717, 1.165) is 0 Å². The maximum atomic E-state index is 11.8. The van der Waals surface area contributed by atoms with E-state index in [1.54, 1.807) is 18.2 Å². The third kappa shape index (κ3) is 6.14. The number of benzene rings is 1. The Kier molecular flexibility index (Phi) is 6.42. The standard InChI is InChI=1S/C13H18Cl2N2O2/c1-8(2)3-12(7-18)17-13(19)16-11-5-9(14)4-10(15)6-11/h4-6,8,12,18H,3,7H2,1-2H3,(H2,16,17,19). The van der Waals surface area contributed by atoms with E-state index in [9.17, 15) is 9.90 Å². The van der Waals surface area contributed by atoms with E-state index >= 15 is 0 Å². The van der Waals surface area contributed by atoms with Crippen LogP contribution in [0.15, 0.2) is 18.2 Å². The van der Waals surface area contributed by atoms with Crippen LogP contribution in [0.4, 0.5) is 10.5 Å². The van der Waals surface area contributed by atoms with Gasteiger partial charge < -0.3 is 15.7 Å². The second-order valence-electron chi connectivity index (χ2n) is 4.77. The summed E-state index contributed by atoms with van der Waals surface area (Å²) < 4.78 is 0. The molecule has 1 aromatic carbocycles. The summed E-state index contributed by atoms with van der Waals surface area (Å²) >= 11 is 11.7. The van der Waals surface area contributed by atoms with Gasteiger partial charge in [0.15, 0.2) is 0 Å². The maximum Gasteiger partial charge on any atom is 0.319 e. The number of aliphatic hydroxyl groups excluding tert-OH is 1. The van der Waals surface area contributed by atoms with Crippen LogP contribution < -0.4 is 10.6 Å². The molecule has 1 rings (SSSR count). The minimum absolute atomic E-state index is 0.0953. The van der Waals surface area contributed by atoms with Crippen molar-refractivity contribution >= 4 is 34.9 Å². The first-order chi connectivity index (χ1) is 8.90. The summed E-state index contributed by atoms with van der Waals surface area (Å²) in [6.45, 7) is 3.96. The van der Waals surface area contributed by atoms with E-state index in [1.165, 1.54) is 0 Å². The van der Waals surface area contributed by atoms with Crippen LogP contribution in [-0.4, -0.2) is 23.8 Å². The summed E-state index contributed by atoms with van der Waals surface area (Å²) in [7, 11) is 0. The summed E-state index contributed by atoms with van der Waals surface area (Å²) in [5.41, 5.74) is 0.510. The molecule has 0 aromatic heterocycles. The zero-order valence-corrected chi connectivity index (χ0v) is 12.4. The molecule has 1 atom stereocenters. The monoisotopic (exact) mass is 304 g/mol. The summed E-state index contributed by atoms with van der Waals surface area (Å²) in [4.78, 5) is 11.8. The van der Waals surface area contributed by atoms with Crippen LogP contribution in [0.25, 0.3) is 0 Å². The van der Waals surface area contributed by atoms with Gasteiger partial charge in [-0.1, -0.05) is 37.0 Å². The Balaban J connectivity index is 2.58. The van der Waals surface area contributed by atoms with Gasteiger partial charge in [0.25, 0.3) is 0 Å². The molecule has 0 saturated carbocycles. The lowest BCUT2D eigenvalue weighted by molar-refractivity contribution is 0.214. The van der Waals surface area contributed by atoms with Crippen LogP contribution in [0.2, 0.25) is 10.0 Å². The van der Waals surface area contributed by atoms with Crippen molar-refractivity contribution < 1.29 is 9.90 Å². The highest BCUT2D eigenvalue weighted by atomic mass is 35.5. The van der Waals surface area contributed by atoms with Crippen LogP contribution >= 0.6 is 23.2 Å². The summed E-state index contributed by atoms with van der Waals surface area (Å²) in [6.07, 6.45) is 0.709. The molecule has 0 aliphatic carbocycles. The second kappa shape index (κ2) is 7.58. The number of anilines is 1. The van der Waals surface area contributed by atoms with Crippen molar-refractivity contribution in [1.82, 2.24) is 5.32 Å². The fourth-order valence-corrected chi connectivity index (χ4v) is 2.25. The highest BCUT2D eigenvalue weighted by Crippen LogP contribution is 2.22. The van der Waals surface area contributed by atoms with E-state index in [0.29, 0.717) is 28.1 Å². The molecule has 0 aliphatic heterocycles. The summed E-state index contributed by atoms with van der Waals surface area (Å²) in [5, 5.41) is 15.4. The number of hydrogen-bond donors (Lipinski definition) is 3. The molecule has 0 saturated heterocycles. The van der Waals surface area contributed by atoms with Crippen molar-refractivity contribution in [3.63, 3.8) is 0 Å². The SMILES string of the molecule is CC(C)CC(CO)NC(=O)Nc1cc(Cl)cc(Cl)c1. The lowest BCUT2D eigenvalue weighted by Gasteiger charge is -2.18. The normalized spacial score (nSPS) is 12.3. The quantitative estimate of drug-likeness (QED) is 0.779. The number of aliphatic hydroxyl groups is 1. The van der Waals surface area contributed by atoms with Crippen molar-refractivity contribution in [2.75, 3.05) is 11.9 Å². The Morgan fingerprint density at radius 2 is 1.84 bits per heavy atom. The average molecular weight is 305 g/mol. The van der Waals surface area contributed by atoms with Crippen LogP contribution in [-0.2, 0) is 0 Å². The van der Waals surface area contributed by atoms with Gasteiger partial charge in [0.05, 0.1) is 12.6 Å². The van der Waals surface area contributed by atoms with Gasteiger partial charge in [-0.15, -0.1) is 0 Å². The molecule has 0 bridgehead atoms. The number of hydrogen-bond acceptors (Lipinski definition) is 2. The number of carbonyl (C=O) groups excluding carboxylic acids is 1. The Morgan fingerprint density at radius 1 is 1.26 bits per heavy atom. The van der Waals surface area contributed by atoms with Crippen LogP contribution in [0.5, 0.6) is 0 Å². The zero-order valence-electron chi connectivity index (χ0n) is 10.9. The van der Waals surface area contributed by atoms with Gasteiger partial charge in [0, 0.05) is 15.7 Å². The molecule has 1 unspecified atom stereocenters. The average Bonchev–Trinajstić information content (AvgIpc) is 2.25. The molecule has 3 N–H and O–H groups in total. The summed E-state index contributed by atoms with van der Waals surface area (Å²) in [6, 6.07) is 4.13. The van der Waals surface area contributed by atoms with E-state index < -0.39 is 6.03 Å². The van der Waals surface area contributed by atoms with Crippen molar-refractivity contribution in [2.45, 2.75) is 26.3 Å². The molecule has 0 heterocycles. The second-order valence-corrected chi connectivity index (χ2v) is 5.64. The predicted octanol–water partition coefficient (Wildman–Crippen LogP) is 3.52. The Labute approximate surface area is 123 Å². The molecule has 6 heteroatoms. The van der Waals surface area contributed by atoms with E-state index in [2.05, 4.69) is 10.6 Å². The predicted molar refractivity (Wildman–Crippen MR) is 78.9 cm³/mol. The zero-order chi connectivity index (χ0) is 14.4. The number of carbonyl (C=O) groups is 1. The Morgan fingerprint density at radius 3 is 2.32 bits per heavy atom. The topological polar surface area (TPSA) is 61.4 Å². The van der Waals surface area contributed by atoms with Gasteiger partial charge in [0.2, 0.25) is 0 Å². The molecular formula is C13H18Cl2N2O2. The lowest BCUT2D eigenvalue weighted by Crippen LogP contribution is -2.40. The van der Waals surface area contributed by atoms with Gasteiger partial charge in [0.1, 0.15) is 0 Å². The van der Waals surface area contributed by atoms with Crippen LogP contribution in [0.1, 0.15) is 20.3 Å². The third-order valence-corrected chi connectivity index (χ3v) is 2.87. The van der Waals surface area contributed by atoms with Gasteiger partial charge in [-0.05, 0) is 30.5 Å². The molecule has 2 amide bonds. The number of rotatable bonds is 5. The number of amides is 2. The first-order valence-corrected chi connectivity index (χ1v) is 6.80. The molecule has 0 radical (unpaired) electrons. The molecule has 106 valence electrons. The van der Waals surface area contributed by atoms with Gasteiger partial charge in [-0.25, -0.2) is 4.79 Å². The van der Waals surface area contributed by atoms with Crippen molar-refractivity contribution in [1.29, 1.82) is 0 Å². The van der Waals surface area contributed by atoms with E-state index in [1.807, 2.05) is 13.8 Å². The summed E-state index contributed by atoms with van der Waals surface area (Å²) in [5.74, 6) is 0.387. The minimum Gasteiger partial charge on any atom is -0.394 e. The highest BCUT2D eigenvalue weighted by Gasteiger charge is 2.13. The Bertz CT molecular complexity index is 418. The number of urea groups is 1. The third-order valence-electron chi connectivity index (χ3n) is 2.43. The number of halogens is 2. The first-order valence-electron chi connectivity index (χ1n) is 6.05. The van der Waals surface area contributed by atoms with E-state index in [-0.39, 0.29) is 12.6 Å². The van der Waals surface area contributed by atoms with Crippen molar-refractivity contribution in [3.05, 3.63) is 28.2 Å². The smallest absolute Gasteiger partial charge is 0.319 e. The molecule has 0 fully saturated rings. The van der Waals surface area contributed by atoms with Crippen molar-refractivity contribution in [2.24, 2.45) is 5.92 Å².